The van der Waals surface area contributed by atoms with Gasteiger partial charge in [0.2, 0.25) is 5.88 Å². The van der Waals surface area contributed by atoms with Gasteiger partial charge in [-0.15, -0.1) is 0 Å². The van der Waals surface area contributed by atoms with E-state index in [1.165, 1.54) is 12.1 Å². The van der Waals surface area contributed by atoms with Gasteiger partial charge in [0, 0.05) is 25.4 Å². The molecule has 27 heavy (non-hydrogen) atoms. The molecule has 6 nitrogen and oxygen atoms in total. The topological polar surface area (TPSA) is 61.2 Å². The van der Waals surface area contributed by atoms with Crippen molar-refractivity contribution in [1.82, 2.24) is 19.9 Å². The van der Waals surface area contributed by atoms with Gasteiger partial charge in [0.25, 0.3) is 0 Å². The molecule has 1 N–H and O–H groups in total. The number of nitrogens with one attached hydrogen (secondary N) is 1. The zero-order valence-corrected chi connectivity index (χ0v) is 15.1. The number of pyridine rings is 1. The Balaban J connectivity index is 1.37. The largest absolute Gasteiger partial charge is 0.481 e. The van der Waals surface area contributed by atoms with Crippen LogP contribution in [0.2, 0.25) is 0 Å². The van der Waals surface area contributed by atoms with E-state index in [-0.39, 0.29) is 11.9 Å². The predicted octanol–water partition coefficient (Wildman–Crippen LogP) is 2.78. The number of nitrogens with zero attached hydrogens (tertiary/aromatic N) is 3. The Morgan fingerprint density at radius 1 is 1.19 bits per heavy atom. The Labute approximate surface area is 157 Å². The van der Waals surface area contributed by atoms with Gasteiger partial charge in [-0.05, 0) is 35.4 Å². The van der Waals surface area contributed by atoms with Gasteiger partial charge in [-0.1, -0.05) is 6.07 Å². The van der Waals surface area contributed by atoms with Crippen LogP contribution in [-0.2, 0) is 24.4 Å². The molecule has 2 aromatic heterocycles. The van der Waals surface area contributed by atoms with Gasteiger partial charge in [-0.3, -0.25) is 0 Å². The van der Waals surface area contributed by atoms with Gasteiger partial charge in [0.05, 0.1) is 31.6 Å². The van der Waals surface area contributed by atoms with Crippen molar-refractivity contribution < 1.29 is 13.9 Å². The molecular formula is C20H21FN4O2. The minimum absolute atomic E-state index is 0.0390. The van der Waals surface area contributed by atoms with E-state index >= 15 is 0 Å². The molecule has 1 aliphatic rings. The fourth-order valence-corrected chi connectivity index (χ4v) is 3.17. The molecule has 140 valence electrons. The highest BCUT2D eigenvalue weighted by Gasteiger charge is 2.22. The molecule has 1 aromatic carbocycles. The first-order valence-electron chi connectivity index (χ1n) is 8.84. The summed E-state index contributed by atoms with van der Waals surface area (Å²) in [5.41, 5.74) is 3.02. The molecule has 0 unspecified atom stereocenters. The van der Waals surface area contributed by atoms with Crippen LogP contribution in [0.25, 0.3) is 11.3 Å². The zero-order valence-electron chi connectivity index (χ0n) is 15.1. The molecule has 1 aliphatic heterocycles. The van der Waals surface area contributed by atoms with Crippen molar-refractivity contribution in [3.63, 3.8) is 0 Å². The van der Waals surface area contributed by atoms with E-state index in [2.05, 4.69) is 19.9 Å². The third kappa shape index (κ3) is 3.99. The van der Waals surface area contributed by atoms with Crippen molar-refractivity contribution in [2.75, 3.05) is 13.7 Å². The first-order valence-corrected chi connectivity index (χ1v) is 8.84. The number of rotatable bonds is 6. The predicted molar refractivity (Wildman–Crippen MR) is 98.7 cm³/mol. The number of methoxy groups -OCH3 is 1. The summed E-state index contributed by atoms with van der Waals surface area (Å²) in [6.07, 6.45) is 3.66. The van der Waals surface area contributed by atoms with Crippen molar-refractivity contribution >= 4 is 0 Å². The second-order valence-electron chi connectivity index (χ2n) is 6.45. The number of hydrogen-bond donors (Lipinski definition) is 1. The van der Waals surface area contributed by atoms with Gasteiger partial charge in [-0.25, -0.2) is 14.4 Å². The highest BCUT2D eigenvalue weighted by Crippen LogP contribution is 2.25. The summed E-state index contributed by atoms with van der Waals surface area (Å²) in [5, 5.41) is 3.41. The number of ether oxygens (including phenoxy) is 2. The van der Waals surface area contributed by atoms with E-state index in [4.69, 9.17) is 9.47 Å². The Bertz CT molecular complexity index is 893. The second-order valence-corrected chi connectivity index (χ2v) is 6.45. The van der Waals surface area contributed by atoms with Crippen molar-refractivity contribution in [2.45, 2.75) is 25.8 Å². The molecule has 0 aliphatic carbocycles. The Morgan fingerprint density at radius 2 is 2.04 bits per heavy atom. The van der Waals surface area contributed by atoms with E-state index in [1.54, 1.807) is 25.4 Å². The molecule has 1 atom stereocenters. The van der Waals surface area contributed by atoms with Crippen molar-refractivity contribution in [3.05, 3.63) is 66.0 Å². The van der Waals surface area contributed by atoms with Crippen LogP contribution in [0.5, 0.6) is 5.88 Å². The lowest BCUT2D eigenvalue weighted by Crippen LogP contribution is -2.36. The average molecular weight is 368 g/mol. The summed E-state index contributed by atoms with van der Waals surface area (Å²) < 4.78 is 26.3. The highest BCUT2D eigenvalue weighted by molar-refractivity contribution is 5.59. The molecule has 7 heteroatoms. The zero-order chi connectivity index (χ0) is 18.6. The second kappa shape index (κ2) is 7.85. The maximum Gasteiger partial charge on any atom is 0.212 e. The summed E-state index contributed by atoms with van der Waals surface area (Å²) in [5.74, 6) is 1.26. The minimum Gasteiger partial charge on any atom is -0.481 e. The number of aromatic nitrogens is 3. The summed E-state index contributed by atoms with van der Waals surface area (Å²) in [6.45, 7) is 2.60. The molecule has 0 radical (unpaired) electrons. The normalized spacial score (nSPS) is 16.1. The molecule has 0 fully saturated rings. The molecule has 3 heterocycles. The smallest absolute Gasteiger partial charge is 0.212 e. The number of fused-ring (bicyclic) bond motifs is 1. The molecular weight excluding hydrogens is 347 g/mol. The van der Waals surface area contributed by atoms with E-state index < -0.39 is 0 Å². The lowest BCUT2D eigenvalue weighted by molar-refractivity contribution is 0.00325. The van der Waals surface area contributed by atoms with Crippen LogP contribution < -0.4 is 10.1 Å². The summed E-state index contributed by atoms with van der Waals surface area (Å²) >= 11 is 0. The number of imidazole rings is 1. The number of hydrogen-bond acceptors (Lipinski definition) is 5. The third-order valence-electron chi connectivity index (χ3n) is 4.62. The lowest BCUT2D eigenvalue weighted by atomic mass is 10.1. The Kier molecular flexibility index (Phi) is 5.13. The van der Waals surface area contributed by atoms with Crippen LogP contribution in [0.4, 0.5) is 4.39 Å². The summed E-state index contributed by atoms with van der Waals surface area (Å²) in [7, 11) is 1.60. The van der Waals surface area contributed by atoms with Gasteiger partial charge in [-0.2, -0.15) is 0 Å². The summed E-state index contributed by atoms with van der Waals surface area (Å²) in [4.78, 5) is 8.64. The lowest BCUT2D eigenvalue weighted by Gasteiger charge is -2.26. The molecule has 3 aromatic rings. The number of benzene rings is 1. The van der Waals surface area contributed by atoms with Crippen LogP contribution in [-0.4, -0.2) is 34.3 Å². The van der Waals surface area contributed by atoms with E-state index in [9.17, 15) is 4.39 Å². The minimum atomic E-state index is -0.240. The molecule has 0 saturated heterocycles. The number of halogens is 1. The molecule has 0 amide bonds. The monoisotopic (exact) mass is 368 g/mol. The van der Waals surface area contributed by atoms with Crippen LogP contribution in [0.1, 0.15) is 11.4 Å². The van der Waals surface area contributed by atoms with E-state index in [1.807, 2.05) is 18.3 Å². The Morgan fingerprint density at radius 3 is 2.78 bits per heavy atom. The van der Waals surface area contributed by atoms with Crippen LogP contribution in [0.3, 0.4) is 0 Å². The maximum atomic E-state index is 13.2. The molecule has 0 spiro atoms. The van der Waals surface area contributed by atoms with Gasteiger partial charge in [0.1, 0.15) is 18.2 Å². The van der Waals surface area contributed by atoms with Gasteiger partial charge < -0.3 is 19.4 Å². The van der Waals surface area contributed by atoms with E-state index in [0.29, 0.717) is 32.1 Å². The first kappa shape index (κ1) is 17.6. The van der Waals surface area contributed by atoms with Crippen LogP contribution in [0.15, 0.2) is 48.8 Å². The standard InChI is InChI=1S/C20H21FN4O2/c1-26-20-7-2-14(9-24-20)8-22-10-17-12-25-18(11-23-19(25)13-27-17)15-3-5-16(21)6-4-15/h2-7,9,11,17,22H,8,10,12-13H2,1H3/t17-/m0/s1. The van der Waals surface area contributed by atoms with Crippen molar-refractivity contribution in [3.8, 4) is 17.1 Å². The maximum absolute atomic E-state index is 13.2. The van der Waals surface area contributed by atoms with E-state index in [0.717, 1.165) is 22.6 Å². The molecule has 0 bridgehead atoms. The molecule has 0 saturated carbocycles. The SMILES string of the molecule is COc1ccc(CNC[C@H]2Cn3c(-c4ccc(F)cc4)cnc3CO2)cn1. The fraction of sp³-hybridized carbons (Fsp3) is 0.300. The average Bonchev–Trinajstić information content (AvgIpc) is 3.12. The fourth-order valence-electron chi connectivity index (χ4n) is 3.17. The van der Waals surface area contributed by atoms with Crippen LogP contribution in [0, 0.1) is 5.82 Å². The Hall–Kier alpha value is -2.77. The van der Waals surface area contributed by atoms with Crippen LogP contribution >= 0.6 is 0 Å². The molecule has 4 rings (SSSR count). The first-order chi connectivity index (χ1) is 13.2. The highest BCUT2D eigenvalue weighted by atomic mass is 19.1. The quantitative estimate of drug-likeness (QED) is 0.725. The third-order valence-corrected chi connectivity index (χ3v) is 4.62. The van der Waals surface area contributed by atoms with Crippen molar-refractivity contribution in [1.29, 1.82) is 0 Å². The summed E-state index contributed by atoms with van der Waals surface area (Å²) in [6, 6.07) is 10.3. The van der Waals surface area contributed by atoms with Gasteiger partial charge >= 0.3 is 0 Å². The van der Waals surface area contributed by atoms with Crippen molar-refractivity contribution in [2.24, 2.45) is 0 Å². The van der Waals surface area contributed by atoms with Gasteiger partial charge in [0.15, 0.2) is 0 Å².